The van der Waals surface area contributed by atoms with Crippen LogP contribution in [0, 0.1) is 0 Å². The van der Waals surface area contributed by atoms with Crippen LogP contribution >= 0.6 is 11.8 Å². The molecule has 1 heterocycles. The van der Waals surface area contributed by atoms with E-state index in [4.69, 9.17) is 4.74 Å². The molecule has 1 rings (SSSR count). The van der Waals surface area contributed by atoms with Gasteiger partial charge in [-0.05, 0) is 5.25 Å². The van der Waals surface area contributed by atoms with Gasteiger partial charge >= 0.3 is 5.97 Å². The summed E-state index contributed by atoms with van der Waals surface area (Å²) in [6.07, 6.45) is 0. The maximum Gasteiger partial charge on any atom is 0.360 e. The van der Waals surface area contributed by atoms with Gasteiger partial charge in [-0.25, -0.2) is 9.48 Å². The molecule has 0 atom stereocenters. The van der Waals surface area contributed by atoms with Gasteiger partial charge in [-0.2, -0.15) is 11.8 Å². The van der Waals surface area contributed by atoms with Crippen molar-refractivity contribution in [1.29, 1.82) is 0 Å². The first-order valence-electron chi connectivity index (χ1n) is 5.71. The molecule has 1 aromatic rings. The minimum atomic E-state index is -0.482. The fourth-order valence-corrected chi connectivity index (χ4v) is 2.17. The number of thioether (sulfide) groups is 1. The molecule has 0 aromatic carbocycles. The van der Waals surface area contributed by atoms with E-state index in [1.807, 2.05) is 11.8 Å². The summed E-state index contributed by atoms with van der Waals surface area (Å²) in [6, 6.07) is 0. The summed E-state index contributed by atoms with van der Waals surface area (Å²) in [5.74, 6) is 0.433. The van der Waals surface area contributed by atoms with Crippen molar-refractivity contribution in [2.24, 2.45) is 0 Å². The normalized spacial score (nSPS) is 10.9. The first-order valence-corrected chi connectivity index (χ1v) is 6.76. The quantitative estimate of drug-likeness (QED) is 0.699. The lowest BCUT2D eigenvalue weighted by Crippen LogP contribution is -2.12. The Hall–Kier alpha value is -1.08. The highest BCUT2D eigenvalue weighted by Crippen LogP contribution is 2.12. The highest BCUT2D eigenvalue weighted by Gasteiger charge is 2.19. The number of esters is 1. The third-order valence-corrected chi connectivity index (χ3v) is 3.34. The third-order valence-electron chi connectivity index (χ3n) is 2.25. The molecule has 0 fully saturated rings. The van der Waals surface area contributed by atoms with E-state index in [-0.39, 0.29) is 5.69 Å². The summed E-state index contributed by atoms with van der Waals surface area (Å²) >= 11 is 1.83. The molecule has 18 heavy (non-hydrogen) atoms. The van der Waals surface area contributed by atoms with Crippen LogP contribution in [-0.2, 0) is 22.6 Å². The zero-order valence-electron chi connectivity index (χ0n) is 11.2. The highest BCUT2D eigenvalue weighted by molar-refractivity contribution is 7.99. The Morgan fingerprint density at radius 2 is 2.17 bits per heavy atom. The average molecular weight is 273 g/mol. The molecule has 0 radical (unpaired) electrons. The van der Waals surface area contributed by atoms with Gasteiger partial charge in [0.15, 0.2) is 5.69 Å². The molecule has 0 saturated carbocycles. The molecule has 0 aliphatic carbocycles. The lowest BCUT2D eigenvalue weighted by atomic mass is 10.3. The van der Waals surface area contributed by atoms with Crippen molar-refractivity contribution >= 4 is 17.7 Å². The lowest BCUT2D eigenvalue weighted by molar-refractivity contribution is 0.0588. The van der Waals surface area contributed by atoms with Gasteiger partial charge in [0.25, 0.3) is 0 Å². The third kappa shape index (κ3) is 3.99. The number of carbonyl (C=O) groups excluding carboxylic acids is 1. The van der Waals surface area contributed by atoms with Gasteiger partial charge in [-0.15, -0.1) is 5.10 Å². The van der Waals surface area contributed by atoms with Crippen LogP contribution in [0.4, 0.5) is 0 Å². The first kappa shape index (κ1) is 15.0. The topological polar surface area (TPSA) is 66.2 Å². The Morgan fingerprint density at radius 3 is 2.72 bits per heavy atom. The number of ether oxygens (including phenoxy) is 2. The van der Waals surface area contributed by atoms with Crippen molar-refractivity contribution in [1.82, 2.24) is 15.0 Å². The minimum Gasteiger partial charge on any atom is -0.464 e. The number of hydrogen-bond donors (Lipinski definition) is 0. The number of hydrogen-bond acceptors (Lipinski definition) is 6. The van der Waals surface area contributed by atoms with E-state index < -0.39 is 5.97 Å². The molecular weight excluding hydrogens is 254 g/mol. The molecule has 0 aliphatic heterocycles. The number of aryl methyl sites for hydroxylation is 1. The molecule has 1 aromatic heterocycles. The number of rotatable bonds is 7. The van der Waals surface area contributed by atoms with E-state index >= 15 is 0 Å². The average Bonchev–Trinajstić information content (AvgIpc) is 2.72. The van der Waals surface area contributed by atoms with Crippen LogP contribution < -0.4 is 0 Å². The van der Waals surface area contributed by atoms with Crippen LogP contribution in [0.25, 0.3) is 0 Å². The predicted octanol–water partition coefficient (Wildman–Crippen LogP) is 1.35. The van der Waals surface area contributed by atoms with E-state index in [0.717, 1.165) is 5.75 Å². The molecule has 0 bridgehead atoms. The number of carbonyl (C=O) groups is 1. The van der Waals surface area contributed by atoms with E-state index in [9.17, 15) is 4.79 Å². The number of methoxy groups -OCH3 is 2. The maximum atomic E-state index is 11.5. The van der Waals surface area contributed by atoms with Gasteiger partial charge in [0.05, 0.1) is 26.0 Å². The van der Waals surface area contributed by atoms with Gasteiger partial charge in [-0.3, -0.25) is 0 Å². The second-order valence-corrected chi connectivity index (χ2v) is 5.64. The summed E-state index contributed by atoms with van der Waals surface area (Å²) in [5, 5.41) is 8.39. The Bertz CT molecular complexity index is 393. The van der Waals surface area contributed by atoms with Crippen molar-refractivity contribution in [2.45, 2.75) is 32.2 Å². The molecule has 0 aliphatic rings. The summed E-state index contributed by atoms with van der Waals surface area (Å²) in [7, 11) is 2.90. The first-order chi connectivity index (χ1) is 8.60. The van der Waals surface area contributed by atoms with Crippen LogP contribution in [-0.4, -0.2) is 46.2 Å². The van der Waals surface area contributed by atoms with Gasteiger partial charge in [0.2, 0.25) is 0 Å². The zero-order chi connectivity index (χ0) is 13.5. The fraction of sp³-hybridized carbons (Fsp3) is 0.727. The van der Waals surface area contributed by atoms with Crippen LogP contribution in [0.15, 0.2) is 0 Å². The predicted molar refractivity (Wildman–Crippen MR) is 69.7 cm³/mol. The molecule has 7 heteroatoms. The second kappa shape index (κ2) is 7.38. The summed E-state index contributed by atoms with van der Waals surface area (Å²) in [4.78, 5) is 11.5. The smallest absolute Gasteiger partial charge is 0.360 e. The summed E-state index contributed by atoms with van der Waals surface area (Å²) < 4.78 is 11.4. The molecule has 102 valence electrons. The highest BCUT2D eigenvalue weighted by atomic mass is 32.2. The largest absolute Gasteiger partial charge is 0.464 e. The molecule has 6 nitrogen and oxygen atoms in total. The summed E-state index contributed by atoms with van der Waals surface area (Å²) in [5.41, 5.74) is 0.891. The number of nitrogens with zero attached hydrogens (tertiary/aromatic N) is 3. The van der Waals surface area contributed by atoms with Crippen molar-refractivity contribution in [3.63, 3.8) is 0 Å². The van der Waals surface area contributed by atoms with Gasteiger partial charge in [0.1, 0.15) is 0 Å². The molecule has 0 N–H and O–H groups in total. The van der Waals surface area contributed by atoms with Crippen LogP contribution in [0.2, 0.25) is 0 Å². The standard InChI is InChI=1S/C11H19N3O3S/c1-8(2)18-6-5-14-9(7-16-3)10(12-13-14)11(15)17-4/h8H,5-7H2,1-4H3. The molecule has 0 unspecified atom stereocenters. The van der Waals surface area contributed by atoms with Crippen molar-refractivity contribution in [3.05, 3.63) is 11.4 Å². The van der Waals surface area contributed by atoms with E-state index in [0.29, 0.717) is 24.1 Å². The zero-order valence-corrected chi connectivity index (χ0v) is 12.0. The van der Waals surface area contributed by atoms with Crippen LogP contribution in [0.5, 0.6) is 0 Å². The Kier molecular flexibility index (Phi) is 6.14. The van der Waals surface area contributed by atoms with Crippen molar-refractivity contribution < 1.29 is 14.3 Å². The molecule has 0 amide bonds. The lowest BCUT2D eigenvalue weighted by Gasteiger charge is -2.08. The molecule has 0 saturated heterocycles. The number of aromatic nitrogens is 3. The minimum absolute atomic E-state index is 0.230. The van der Waals surface area contributed by atoms with E-state index in [1.54, 1.807) is 11.8 Å². The monoisotopic (exact) mass is 273 g/mol. The van der Waals surface area contributed by atoms with E-state index in [1.165, 1.54) is 7.11 Å². The maximum absolute atomic E-state index is 11.5. The van der Waals surface area contributed by atoms with Gasteiger partial charge in [0, 0.05) is 12.9 Å². The SMILES string of the molecule is COCc1c(C(=O)OC)nnn1CCSC(C)C. The Labute approximate surface area is 111 Å². The van der Waals surface area contributed by atoms with Gasteiger partial charge < -0.3 is 9.47 Å². The second-order valence-electron chi connectivity index (χ2n) is 3.95. The fourth-order valence-electron chi connectivity index (χ4n) is 1.42. The van der Waals surface area contributed by atoms with Crippen molar-refractivity contribution in [2.75, 3.05) is 20.0 Å². The van der Waals surface area contributed by atoms with Crippen molar-refractivity contribution in [3.8, 4) is 0 Å². The molecular formula is C11H19N3O3S. The summed E-state index contributed by atoms with van der Waals surface area (Å²) in [6.45, 7) is 5.28. The Balaban J connectivity index is 2.77. The van der Waals surface area contributed by atoms with Crippen LogP contribution in [0.1, 0.15) is 30.0 Å². The van der Waals surface area contributed by atoms with Gasteiger partial charge in [-0.1, -0.05) is 19.1 Å². The van der Waals surface area contributed by atoms with E-state index in [2.05, 4.69) is 28.9 Å². The van der Waals surface area contributed by atoms with Crippen LogP contribution in [0.3, 0.4) is 0 Å². The Morgan fingerprint density at radius 1 is 1.44 bits per heavy atom. The molecule has 0 spiro atoms.